The summed E-state index contributed by atoms with van der Waals surface area (Å²) in [5, 5.41) is 9.59. The smallest absolute Gasteiger partial charge is 0.0547 e. The van der Waals surface area contributed by atoms with Crippen LogP contribution in [-0.4, -0.2) is 52.2 Å². The van der Waals surface area contributed by atoms with Gasteiger partial charge in [-0.25, -0.2) is 0 Å². The maximum atomic E-state index is 9.59. The molecule has 0 amide bonds. The Morgan fingerprint density at radius 2 is 1.96 bits per heavy atom. The number of rotatable bonds is 7. The van der Waals surface area contributed by atoms with Gasteiger partial charge in [0.25, 0.3) is 0 Å². The van der Waals surface area contributed by atoms with Crippen LogP contribution in [0.1, 0.15) is 59.2 Å². The van der Waals surface area contributed by atoms with Crippen molar-refractivity contribution in [3.63, 3.8) is 0 Å². The lowest BCUT2D eigenvalue weighted by Gasteiger charge is -2.41. The van der Waals surface area contributed by atoms with Gasteiger partial charge >= 0.3 is 0 Å². The molecule has 1 atom stereocenters. The Kier molecular flexibility index (Phi) is 6.78. The van der Waals surface area contributed by atoms with Crippen LogP contribution in [0.25, 0.3) is 0 Å². The molecule has 1 saturated carbocycles. The first-order valence-corrected chi connectivity index (χ1v) is 11.6. The molecule has 1 N–H and O–H groups in total. The lowest BCUT2D eigenvalue weighted by atomic mass is 10.1. The Hall–Kier alpha value is -1.27. The average Bonchev–Trinajstić information content (AvgIpc) is 3.36. The van der Waals surface area contributed by atoms with Crippen LogP contribution in [-0.2, 0) is 13.1 Å². The van der Waals surface area contributed by atoms with Gasteiger partial charge in [0.2, 0.25) is 0 Å². The molecule has 2 aromatic heterocycles. The van der Waals surface area contributed by atoms with Gasteiger partial charge in [0.15, 0.2) is 0 Å². The van der Waals surface area contributed by atoms with E-state index in [1.54, 1.807) is 4.88 Å². The predicted molar refractivity (Wildman–Crippen MR) is 116 cm³/mol. The molecule has 0 unspecified atom stereocenters. The van der Waals surface area contributed by atoms with E-state index in [1.165, 1.54) is 30.6 Å². The van der Waals surface area contributed by atoms with Crippen molar-refractivity contribution < 1.29 is 5.11 Å². The molecule has 0 aromatic carbocycles. The normalized spacial score (nSPS) is 22.1. The largest absolute Gasteiger partial charge is 0.396 e. The van der Waals surface area contributed by atoms with Crippen LogP contribution < -0.4 is 0 Å². The highest BCUT2D eigenvalue weighted by Gasteiger charge is 2.27. The number of aryl methyl sites for hydroxylation is 1. The summed E-state index contributed by atoms with van der Waals surface area (Å²) >= 11 is 2.03. The molecule has 152 valence electrons. The van der Waals surface area contributed by atoms with Gasteiger partial charge in [-0.2, -0.15) is 0 Å². The standard InChI is InChI=1S/C23H33N3OS/c1-18-5-4-8-20(24-18)15-26-13-12-25(16-21(26)11-14-27)17-22-9-10-23(28-22)19-6-2-3-7-19/h4-5,8-10,19,21,27H,2-3,6-7,11-17H2,1H3/t21-/m0/s1. The van der Waals surface area contributed by atoms with Crippen LogP contribution in [0.2, 0.25) is 0 Å². The second-order valence-corrected chi connectivity index (χ2v) is 9.63. The molecule has 4 rings (SSSR count). The van der Waals surface area contributed by atoms with Crippen molar-refractivity contribution in [2.75, 3.05) is 26.2 Å². The van der Waals surface area contributed by atoms with Crippen LogP contribution in [0.3, 0.4) is 0 Å². The van der Waals surface area contributed by atoms with E-state index in [0.29, 0.717) is 6.04 Å². The van der Waals surface area contributed by atoms with Crippen LogP contribution in [0.4, 0.5) is 0 Å². The Morgan fingerprint density at radius 1 is 1.11 bits per heavy atom. The number of hydrogen-bond acceptors (Lipinski definition) is 5. The molecular weight excluding hydrogens is 366 g/mol. The summed E-state index contributed by atoms with van der Waals surface area (Å²) in [5.74, 6) is 0.819. The van der Waals surface area contributed by atoms with E-state index in [1.807, 2.05) is 24.3 Å². The molecular formula is C23H33N3OS. The fourth-order valence-corrected chi connectivity index (χ4v) is 5.98. The van der Waals surface area contributed by atoms with Crippen molar-refractivity contribution >= 4 is 11.3 Å². The minimum absolute atomic E-state index is 0.251. The number of thiophene rings is 1. The molecule has 28 heavy (non-hydrogen) atoms. The van der Waals surface area contributed by atoms with E-state index in [9.17, 15) is 5.11 Å². The van der Waals surface area contributed by atoms with Gasteiger partial charge in [-0.15, -0.1) is 11.3 Å². The summed E-state index contributed by atoms with van der Waals surface area (Å²) in [6, 6.07) is 11.4. The number of nitrogens with zero attached hydrogens (tertiary/aromatic N) is 3. The highest BCUT2D eigenvalue weighted by Crippen LogP contribution is 2.38. The maximum Gasteiger partial charge on any atom is 0.0547 e. The van der Waals surface area contributed by atoms with E-state index in [0.717, 1.165) is 56.5 Å². The van der Waals surface area contributed by atoms with Gasteiger partial charge in [-0.05, 0) is 56.4 Å². The minimum Gasteiger partial charge on any atom is -0.396 e. The highest BCUT2D eigenvalue weighted by molar-refractivity contribution is 7.12. The van der Waals surface area contributed by atoms with Crippen LogP contribution in [0.15, 0.2) is 30.3 Å². The van der Waals surface area contributed by atoms with Crippen molar-refractivity contribution in [1.82, 2.24) is 14.8 Å². The molecule has 5 heteroatoms. The molecule has 2 aromatic rings. The van der Waals surface area contributed by atoms with Crippen LogP contribution in [0, 0.1) is 6.92 Å². The lowest BCUT2D eigenvalue weighted by molar-refractivity contribution is 0.0496. The van der Waals surface area contributed by atoms with Gasteiger partial charge in [-0.1, -0.05) is 18.9 Å². The Bertz CT molecular complexity index is 756. The second kappa shape index (κ2) is 9.49. The van der Waals surface area contributed by atoms with Gasteiger partial charge in [0.05, 0.1) is 5.69 Å². The highest BCUT2D eigenvalue weighted by atomic mass is 32.1. The van der Waals surface area contributed by atoms with Gasteiger partial charge in [0, 0.05) is 60.8 Å². The molecule has 2 aliphatic rings. The van der Waals surface area contributed by atoms with Crippen molar-refractivity contribution in [1.29, 1.82) is 0 Å². The fourth-order valence-electron chi connectivity index (χ4n) is 4.76. The first-order chi connectivity index (χ1) is 13.7. The third kappa shape index (κ3) is 5.01. The summed E-state index contributed by atoms with van der Waals surface area (Å²) in [4.78, 5) is 12.9. The molecule has 1 saturated heterocycles. The number of aromatic nitrogens is 1. The molecule has 0 bridgehead atoms. The summed E-state index contributed by atoms with van der Waals surface area (Å²) in [5.41, 5.74) is 2.21. The summed E-state index contributed by atoms with van der Waals surface area (Å²) in [6.45, 7) is 7.39. The minimum atomic E-state index is 0.251. The predicted octanol–water partition coefficient (Wildman–Crippen LogP) is 4.18. The molecule has 1 aliphatic heterocycles. The van der Waals surface area contributed by atoms with Gasteiger partial charge in [-0.3, -0.25) is 14.8 Å². The van der Waals surface area contributed by atoms with Crippen LogP contribution >= 0.6 is 11.3 Å². The van der Waals surface area contributed by atoms with Gasteiger partial charge < -0.3 is 5.11 Å². The quantitative estimate of drug-likeness (QED) is 0.758. The third-order valence-corrected chi connectivity index (χ3v) is 7.51. The van der Waals surface area contributed by atoms with Crippen molar-refractivity contribution in [3.05, 3.63) is 51.5 Å². The van der Waals surface area contributed by atoms with Crippen molar-refractivity contribution in [2.45, 2.75) is 64.1 Å². The average molecular weight is 400 g/mol. The molecule has 0 spiro atoms. The second-order valence-electron chi connectivity index (χ2n) is 8.43. The van der Waals surface area contributed by atoms with E-state index >= 15 is 0 Å². The first kappa shape index (κ1) is 20.0. The monoisotopic (exact) mass is 399 g/mol. The molecule has 4 nitrogen and oxygen atoms in total. The SMILES string of the molecule is Cc1cccc(CN2CCN(Cc3ccc(C4CCCC4)s3)C[C@@H]2CCO)n1. The Morgan fingerprint density at radius 3 is 2.75 bits per heavy atom. The van der Waals surface area contributed by atoms with Crippen molar-refractivity contribution in [3.8, 4) is 0 Å². The van der Waals surface area contributed by atoms with Gasteiger partial charge in [0.1, 0.15) is 0 Å². The molecule has 2 fully saturated rings. The van der Waals surface area contributed by atoms with Crippen LogP contribution in [0.5, 0.6) is 0 Å². The Labute approximate surface area is 173 Å². The van der Waals surface area contributed by atoms with E-state index in [-0.39, 0.29) is 6.61 Å². The molecule has 1 aliphatic carbocycles. The number of piperazine rings is 1. The summed E-state index contributed by atoms with van der Waals surface area (Å²) in [7, 11) is 0. The number of hydrogen-bond donors (Lipinski definition) is 1. The molecule has 0 radical (unpaired) electrons. The molecule has 3 heterocycles. The summed E-state index contributed by atoms with van der Waals surface area (Å²) < 4.78 is 0. The topological polar surface area (TPSA) is 39.6 Å². The van der Waals surface area contributed by atoms with E-state index in [2.05, 4.69) is 39.0 Å². The number of aliphatic hydroxyl groups is 1. The number of pyridine rings is 1. The Balaban J connectivity index is 1.36. The lowest BCUT2D eigenvalue weighted by Crippen LogP contribution is -2.52. The number of aliphatic hydroxyl groups excluding tert-OH is 1. The zero-order chi connectivity index (χ0) is 19.3. The zero-order valence-corrected chi connectivity index (χ0v) is 17.8. The maximum absolute atomic E-state index is 9.59. The van der Waals surface area contributed by atoms with E-state index in [4.69, 9.17) is 0 Å². The fraction of sp³-hybridized carbons (Fsp3) is 0.609. The van der Waals surface area contributed by atoms with E-state index < -0.39 is 0 Å². The third-order valence-electron chi connectivity index (χ3n) is 6.28. The van der Waals surface area contributed by atoms with Crippen molar-refractivity contribution in [2.24, 2.45) is 0 Å². The summed E-state index contributed by atoms with van der Waals surface area (Å²) in [6.07, 6.45) is 6.39. The zero-order valence-electron chi connectivity index (χ0n) is 17.0. The first-order valence-electron chi connectivity index (χ1n) is 10.8.